The van der Waals surface area contributed by atoms with Crippen molar-refractivity contribution in [2.45, 2.75) is 32.6 Å². The summed E-state index contributed by atoms with van der Waals surface area (Å²) in [5.74, 6) is 3.53. The second-order valence-corrected chi connectivity index (χ2v) is 13.0. The highest BCUT2D eigenvalue weighted by atomic mass is 16.5. The Hall–Kier alpha value is -6.00. The number of allylic oxidation sites excluding steroid dienone is 1. The molecule has 0 aliphatic heterocycles. The van der Waals surface area contributed by atoms with Gasteiger partial charge in [-0.3, -0.25) is 9.59 Å². The molecule has 0 spiro atoms. The number of para-hydroxylation sites is 2. The lowest BCUT2D eigenvalue weighted by Gasteiger charge is -2.24. The fourth-order valence-corrected chi connectivity index (χ4v) is 6.73. The summed E-state index contributed by atoms with van der Waals surface area (Å²) >= 11 is 0. The molecule has 0 saturated carbocycles. The van der Waals surface area contributed by atoms with Gasteiger partial charge in [-0.15, -0.1) is 0 Å². The second-order valence-electron chi connectivity index (χ2n) is 13.0. The van der Waals surface area contributed by atoms with E-state index in [1.54, 1.807) is 6.92 Å². The van der Waals surface area contributed by atoms with Crippen molar-refractivity contribution in [3.63, 3.8) is 0 Å². The zero-order chi connectivity index (χ0) is 34.5. The third-order valence-electron chi connectivity index (χ3n) is 9.25. The molecule has 1 aliphatic carbocycles. The molecule has 4 heteroatoms. The smallest absolute Gasteiger partial charge is 0.163 e. The Kier molecular flexibility index (Phi) is 9.52. The molecular weight excluding hydrogens is 617 g/mol. The third-order valence-corrected chi connectivity index (χ3v) is 9.25. The molecule has 0 bridgehead atoms. The van der Waals surface area contributed by atoms with Crippen molar-refractivity contribution in [2.24, 2.45) is 5.92 Å². The average Bonchev–Trinajstić information content (AvgIpc) is 3.13. The van der Waals surface area contributed by atoms with Crippen LogP contribution in [0.5, 0.6) is 23.0 Å². The molecule has 0 radical (unpaired) electrons. The molecule has 50 heavy (non-hydrogen) atoms. The highest BCUT2D eigenvalue weighted by Crippen LogP contribution is 2.34. The summed E-state index contributed by atoms with van der Waals surface area (Å²) in [4.78, 5) is 26.1. The van der Waals surface area contributed by atoms with E-state index in [-0.39, 0.29) is 17.5 Å². The number of benzene rings is 6. The van der Waals surface area contributed by atoms with Crippen LogP contribution in [0.15, 0.2) is 152 Å². The first-order valence-corrected chi connectivity index (χ1v) is 17.0. The van der Waals surface area contributed by atoms with Gasteiger partial charge in [-0.25, -0.2) is 0 Å². The lowest BCUT2D eigenvalue weighted by Crippen LogP contribution is -2.21. The number of hydrogen-bond acceptors (Lipinski definition) is 4. The number of rotatable bonds is 11. The lowest BCUT2D eigenvalue weighted by molar-refractivity contribution is 0.0947. The molecule has 0 amide bonds. The van der Waals surface area contributed by atoms with Crippen LogP contribution in [0.4, 0.5) is 0 Å². The first-order valence-electron chi connectivity index (χ1n) is 17.0. The van der Waals surface area contributed by atoms with Crippen LogP contribution in [0.2, 0.25) is 0 Å². The van der Waals surface area contributed by atoms with E-state index in [2.05, 4.69) is 24.8 Å². The fraction of sp³-hybridized carbons (Fsp3) is 0.130. The van der Waals surface area contributed by atoms with Gasteiger partial charge in [-0.1, -0.05) is 97.6 Å². The Balaban J connectivity index is 1.04. The van der Waals surface area contributed by atoms with Crippen LogP contribution < -0.4 is 9.47 Å². The van der Waals surface area contributed by atoms with Gasteiger partial charge in [0.2, 0.25) is 0 Å². The monoisotopic (exact) mass is 654 g/mol. The largest absolute Gasteiger partial charge is 0.457 e. The molecule has 6 aromatic carbocycles. The highest BCUT2D eigenvalue weighted by Gasteiger charge is 2.26. The molecule has 0 aromatic heterocycles. The molecule has 246 valence electrons. The van der Waals surface area contributed by atoms with Crippen LogP contribution in [0.1, 0.15) is 56.3 Å². The standard InChI is InChI=1S/C46H38O4/c1-31(25-33-13-19-41(20-14-33)49-39-9-5-3-6-10-39)43-23-17-37(30-45(43)32(2)47)36-18-24-44-38(29-36)27-35(28-46(44)48)26-34-15-21-42(22-16-34)50-40-11-7-4-8-12-40/h3-24,29-30,35H,1,25-28H2,2H3. The number of ketones is 2. The van der Waals surface area contributed by atoms with Crippen LogP contribution >= 0.6 is 0 Å². The van der Waals surface area contributed by atoms with E-state index in [1.165, 1.54) is 5.56 Å². The minimum atomic E-state index is -0.0111. The summed E-state index contributed by atoms with van der Waals surface area (Å²) < 4.78 is 11.9. The normalized spacial score (nSPS) is 13.7. The Morgan fingerprint density at radius 2 is 1.16 bits per heavy atom. The van der Waals surface area contributed by atoms with E-state index in [9.17, 15) is 9.59 Å². The van der Waals surface area contributed by atoms with Crippen LogP contribution in [0, 0.1) is 5.92 Å². The molecule has 0 saturated heterocycles. The molecule has 1 atom stereocenters. The summed E-state index contributed by atoms with van der Waals surface area (Å²) in [7, 11) is 0. The van der Waals surface area contributed by atoms with Crippen molar-refractivity contribution in [2.75, 3.05) is 0 Å². The zero-order valence-electron chi connectivity index (χ0n) is 28.1. The van der Waals surface area contributed by atoms with Crippen molar-refractivity contribution in [1.82, 2.24) is 0 Å². The van der Waals surface area contributed by atoms with E-state index in [0.717, 1.165) is 74.8 Å². The minimum Gasteiger partial charge on any atom is -0.457 e. The molecule has 0 fully saturated rings. The van der Waals surface area contributed by atoms with E-state index < -0.39 is 0 Å². The maximum Gasteiger partial charge on any atom is 0.163 e. The quantitative estimate of drug-likeness (QED) is 0.130. The Labute approximate surface area is 293 Å². The van der Waals surface area contributed by atoms with Gasteiger partial charge < -0.3 is 9.47 Å². The van der Waals surface area contributed by atoms with Gasteiger partial charge in [0.25, 0.3) is 0 Å². The average molecular weight is 655 g/mol. The van der Waals surface area contributed by atoms with E-state index in [0.29, 0.717) is 18.4 Å². The van der Waals surface area contributed by atoms with Crippen molar-refractivity contribution >= 4 is 17.1 Å². The van der Waals surface area contributed by atoms with Crippen molar-refractivity contribution < 1.29 is 19.1 Å². The third kappa shape index (κ3) is 7.66. The van der Waals surface area contributed by atoms with Gasteiger partial charge in [0.1, 0.15) is 23.0 Å². The summed E-state index contributed by atoms with van der Waals surface area (Å²) in [6.07, 6.45) is 2.77. The predicted molar refractivity (Wildman–Crippen MR) is 200 cm³/mol. The van der Waals surface area contributed by atoms with Crippen molar-refractivity contribution in [1.29, 1.82) is 0 Å². The van der Waals surface area contributed by atoms with Crippen molar-refractivity contribution in [3.8, 4) is 34.1 Å². The molecule has 7 rings (SSSR count). The van der Waals surface area contributed by atoms with Gasteiger partial charge in [0, 0.05) is 17.5 Å². The summed E-state index contributed by atoms with van der Waals surface area (Å²) in [5.41, 5.74) is 8.42. The number of carbonyl (C=O) groups is 2. The van der Waals surface area contributed by atoms with Gasteiger partial charge in [-0.05, 0) is 126 Å². The molecular formula is C46H38O4. The summed E-state index contributed by atoms with van der Waals surface area (Å²) in [6, 6.07) is 47.6. The van der Waals surface area contributed by atoms with Gasteiger partial charge >= 0.3 is 0 Å². The first kappa shape index (κ1) is 32.5. The highest BCUT2D eigenvalue weighted by molar-refractivity contribution is 6.01. The summed E-state index contributed by atoms with van der Waals surface area (Å²) in [6.45, 7) is 5.96. The van der Waals surface area contributed by atoms with Crippen LogP contribution in [0.25, 0.3) is 16.7 Å². The van der Waals surface area contributed by atoms with E-state index in [4.69, 9.17) is 9.47 Å². The number of carbonyl (C=O) groups excluding carboxylic acids is 2. The maximum atomic E-state index is 13.2. The van der Waals surface area contributed by atoms with Gasteiger partial charge in [-0.2, -0.15) is 0 Å². The van der Waals surface area contributed by atoms with Crippen LogP contribution in [0.3, 0.4) is 0 Å². The Bertz CT molecular complexity index is 2150. The maximum absolute atomic E-state index is 13.2. The van der Waals surface area contributed by atoms with E-state index >= 15 is 0 Å². The second kappa shape index (κ2) is 14.6. The number of ether oxygens (including phenoxy) is 2. The SMILES string of the molecule is C=C(Cc1ccc(Oc2ccccc2)cc1)c1ccc(-c2ccc3c(c2)CC(Cc2ccc(Oc4ccccc4)cc2)CC3=O)cc1C(C)=O. The molecule has 6 aromatic rings. The van der Waals surface area contributed by atoms with Crippen LogP contribution in [-0.4, -0.2) is 11.6 Å². The Morgan fingerprint density at radius 1 is 0.620 bits per heavy atom. The fourth-order valence-electron chi connectivity index (χ4n) is 6.73. The number of hydrogen-bond donors (Lipinski definition) is 0. The Morgan fingerprint density at radius 3 is 1.76 bits per heavy atom. The molecule has 0 N–H and O–H groups in total. The molecule has 0 heterocycles. The minimum absolute atomic E-state index is 0.0111. The first-order chi connectivity index (χ1) is 24.4. The van der Waals surface area contributed by atoms with Crippen LogP contribution in [-0.2, 0) is 19.3 Å². The number of Topliss-reactive ketones (excluding diaryl/α,β-unsaturated/α-hetero) is 2. The topological polar surface area (TPSA) is 52.6 Å². The summed E-state index contributed by atoms with van der Waals surface area (Å²) in [5, 5.41) is 0. The predicted octanol–water partition coefficient (Wildman–Crippen LogP) is 11.4. The molecule has 1 aliphatic rings. The number of fused-ring (bicyclic) bond motifs is 1. The molecule has 4 nitrogen and oxygen atoms in total. The zero-order valence-corrected chi connectivity index (χ0v) is 28.1. The van der Waals surface area contributed by atoms with Crippen molar-refractivity contribution in [3.05, 3.63) is 186 Å². The van der Waals surface area contributed by atoms with Gasteiger partial charge in [0.15, 0.2) is 11.6 Å². The van der Waals surface area contributed by atoms with Gasteiger partial charge in [0.05, 0.1) is 0 Å². The molecule has 1 unspecified atom stereocenters. The lowest BCUT2D eigenvalue weighted by atomic mass is 9.79. The van der Waals surface area contributed by atoms with E-state index in [1.807, 2.05) is 127 Å².